The van der Waals surface area contributed by atoms with Crippen LogP contribution in [0.5, 0.6) is 5.75 Å². The van der Waals surface area contributed by atoms with Gasteiger partial charge in [-0.1, -0.05) is 26.0 Å². The number of aromatic hydroxyl groups is 1. The molecular formula is C15H13F3INO. The number of halogens is 4. The Balaban J connectivity index is 2.47. The monoisotopic (exact) mass is 407 g/mol. The zero-order valence-electron chi connectivity index (χ0n) is 11.4. The van der Waals surface area contributed by atoms with Gasteiger partial charge in [-0.3, -0.25) is 0 Å². The van der Waals surface area contributed by atoms with Gasteiger partial charge in [-0.2, -0.15) is 13.2 Å². The smallest absolute Gasteiger partial charge is 0.416 e. The lowest BCUT2D eigenvalue weighted by molar-refractivity contribution is -0.137. The Morgan fingerprint density at radius 3 is 2.19 bits per heavy atom. The highest BCUT2D eigenvalue weighted by atomic mass is 127. The fraction of sp³-hybridized carbons (Fsp3) is 0.267. The molecule has 6 heteroatoms. The number of aromatic nitrogens is 1. The molecule has 2 rings (SSSR count). The summed E-state index contributed by atoms with van der Waals surface area (Å²) in [5.41, 5.74) is 1.17. The summed E-state index contributed by atoms with van der Waals surface area (Å²) in [6.07, 6.45) is -4.35. The van der Waals surface area contributed by atoms with Gasteiger partial charge < -0.3 is 5.11 Å². The molecule has 0 saturated heterocycles. The summed E-state index contributed by atoms with van der Waals surface area (Å²) in [4.78, 5) is 4.23. The van der Waals surface area contributed by atoms with Gasteiger partial charge in [0, 0.05) is 11.1 Å². The van der Waals surface area contributed by atoms with Gasteiger partial charge in [0.15, 0.2) is 5.75 Å². The number of benzene rings is 1. The summed E-state index contributed by atoms with van der Waals surface area (Å²) in [5.74, 6) is 0.218. The number of rotatable bonds is 2. The minimum absolute atomic E-state index is 0.0923. The van der Waals surface area contributed by atoms with Crippen molar-refractivity contribution in [3.05, 3.63) is 45.2 Å². The Bertz CT molecular complexity index is 651. The largest absolute Gasteiger partial charge is 0.505 e. The second kappa shape index (κ2) is 5.82. The molecule has 0 aliphatic heterocycles. The summed E-state index contributed by atoms with van der Waals surface area (Å²) in [6, 6.07) is 6.56. The molecule has 21 heavy (non-hydrogen) atoms. The number of alkyl halides is 3. The van der Waals surface area contributed by atoms with Crippen molar-refractivity contribution < 1.29 is 18.3 Å². The molecule has 0 atom stereocenters. The standard InChI is InChI=1S/C15H13F3INO/c1-8(2)11-7-12(20-14(19)13(11)21)9-3-5-10(6-4-9)15(16,17)18/h3-8,21H,1-2H3. The van der Waals surface area contributed by atoms with Gasteiger partial charge in [0.2, 0.25) is 0 Å². The van der Waals surface area contributed by atoms with Crippen molar-refractivity contribution >= 4 is 22.6 Å². The normalized spacial score (nSPS) is 12.0. The zero-order valence-corrected chi connectivity index (χ0v) is 13.5. The van der Waals surface area contributed by atoms with Crippen LogP contribution < -0.4 is 0 Å². The fourth-order valence-electron chi connectivity index (χ4n) is 1.94. The first-order valence-corrected chi connectivity index (χ1v) is 7.35. The van der Waals surface area contributed by atoms with Crippen LogP contribution in [0.3, 0.4) is 0 Å². The van der Waals surface area contributed by atoms with Crippen molar-refractivity contribution in [2.75, 3.05) is 0 Å². The first-order valence-electron chi connectivity index (χ1n) is 6.27. The average molecular weight is 407 g/mol. The maximum atomic E-state index is 12.6. The zero-order chi connectivity index (χ0) is 15.8. The minimum Gasteiger partial charge on any atom is -0.505 e. The van der Waals surface area contributed by atoms with Gasteiger partial charge in [0.1, 0.15) is 3.70 Å². The van der Waals surface area contributed by atoms with E-state index in [1.54, 1.807) is 6.07 Å². The van der Waals surface area contributed by atoms with E-state index in [1.165, 1.54) is 12.1 Å². The lowest BCUT2D eigenvalue weighted by Crippen LogP contribution is -2.04. The van der Waals surface area contributed by atoms with E-state index < -0.39 is 11.7 Å². The van der Waals surface area contributed by atoms with E-state index in [1.807, 2.05) is 36.4 Å². The Labute approximate surface area is 134 Å². The van der Waals surface area contributed by atoms with Crippen molar-refractivity contribution in [1.29, 1.82) is 0 Å². The number of pyridine rings is 1. The van der Waals surface area contributed by atoms with Crippen LogP contribution in [0.1, 0.15) is 30.9 Å². The molecule has 2 nitrogen and oxygen atoms in total. The highest BCUT2D eigenvalue weighted by molar-refractivity contribution is 14.1. The van der Waals surface area contributed by atoms with Crippen molar-refractivity contribution in [3.63, 3.8) is 0 Å². The van der Waals surface area contributed by atoms with Gasteiger partial charge in [-0.25, -0.2) is 4.98 Å². The molecule has 0 spiro atoms. The molecule has 1 N–H and O–H groups in total. The van der Waals surface area contributed by atoms with E-state index in [0.29, 0.717) is 15.0 Å². The Morgan fingerprint density at radius 1 is 1.14 bits per heavy atom. The predicted octanol–water partition coefficient (Wildman–Crippen LogP) is 5.20. The van der Waals surface area contributed by atoms with Crippen molar-refractivity contribution in [1.82, 2.24) is 4.98 Å². The number of hydrogen-bond donors (Lipinski definition) is 1. The topological polar surface area (TPSA) is 33.1 Å². The SMILES string of the molecule is CC(C)c1cc(-c2ccc(C(F)(F)F)cc2)nc(I)c1O. The molecule has 0 aliphatic carbocycles. The lowest BCUT2D eigenvalue weighted by atomic mass is 10.00. The first-order chi connectivity index (χ1) is 9.70. The van der Waals surface area contributed by atoms with Crippen LogP contribution in [0.4, 0.5) is 13.2 Å². The molecule has 0 radical (unpaired) electrons. The van der Waals surface area contributed by atoms with Gasteiger partial charge >= 0.3 is 6.18 Å². The van der Waals surface area contributed by atoms with Crippen LogP contribution in [0, 0.1) is 3.70 Å². The van der Waals surface area contributed by atoms with Gasteiger partial charge in [-0.15, -0.1) is 0 Å². The van der Waals surface area contributed by atoms with E-state index in [2.05, 4.69) is 4.98 Å². The van der Waals surface area contributed by atoms with Crippen LogP contribution in [0.15, 0.2) is 30.3 Å². The average Bonchev–Trinajstić information content (AvgIpc) is 2.40. The second-order valence-corrected chi connectivity index (χ2v) is 5.99. The van der Waals surface area contributed by atoms with E-state index in [0.717, 1.165) is 17.7 Å². The molecule has 1 heterocycles. The predicted molar refractivity (Wildman–Crippen MR) is 83.1 cm³/mol. The second-order valence-electron chi connectivity index (χ2n) is 4.97. The van der Waals surface area contributed by atoms with Crippen LogP contribution in [0.2, 0.25) is 0 Å². The molecule has 112 valence electrons. The molecule has 2 aromatic rings. The van der Waals surface area contributed by atoms with Gasteiger partial charge in [0.25, 0.3) is 0 Å². The number of nitrogens with zero attached hydrogens (tertiary/aromatic N) is 1. The summed E-state index contributed by atoms with van der Waals surface area (Å²) < 4.78 is 38.1. The maximum absolute atomic E-state index is 12.6. The first kappa shape index (κ1) is 16.1. The molecule has 1 aromatic heterocycles. The molecule has 1 aromatic carbocycles. The summed E-state index contributed by atoms with van der Waals surface area (Å²) in [7, 11) is 0. The highest BCUT2D eigenvalue weighted by Crippen LogP contribution is 2.34. The van der Waals surface area contributed by atoms with E-state index in [9.17, 15) is 18.3 Å². The summed E-state index contributed by atoms with van der Waals surface area (Å²) >= 11 is 1.91. The molecule has 0 bridgehead atoms. The van der Waals surface area contributed by atoms with Crippen LogP contribution in [0.25, 0.3) is 11.3 Å². The van der Waals surface area contributed by atoms with Crippen molar-refractivity contribution in [3.8, 4) is 17.0 Å². The summed E-state index contributed by atoms with van der Waals surface area (Å²) in [5, 5.41) is 9.97. The third-order valence-electron chi connectivity index (χ3n) is 3.11. The number of hydrogen-bond acceptors (Lipinski definition) is 2. The molecule has 0 amide bonds. The summed E-state index contributed by atoms with van der Waals surface area (Å²) in [6.45, 7) is 3.86. The highest BCUT2D eigenvalue weighted by Gasteiger charge is 2.30. The third-order valence-corrected chi connectivity index (χ3v) is 3.86. The lowest BCUT2D eigenvalue weighted by Gasteiger charge is -2.12. The molecule has 0 aliphatic rings. The molecule has 0 saturated carbocycles. The molecule has 0 unspecified atom stereocenters. The van der Waals surface area contributed by atoms with E-state index in [4.69, 9.17) is 0 Å². The van der Waals surface area contributed by atoms with Crippen LogP contribution >= 0.6 is 22.6 Å². The Hall–Kier alpha value is -1.31. The van der Waals surface area contributed by atoms with Crippen molar-refractivity contribution in [2.45, 2.75) is 25.9 Å². The van der Waals surface area contributed by atoms with E-state index >= 15 is 0 Å². The molecular weight excluding hydrogens is 394 g/mol. The Morgan fingerprint density at radius 2 is 1.71 bits per heavy atom. The fourth-order valence-corrected chi connectivity index (χ4v) is 2.51. The van der Waals surface area contributed by atoms with Gasteiger partial charge in [0.05, 0.1) is 11.3 Å². The third kappa shape index (κ3) is 3.48. The van der Waals surface area contributed by atoms with Crippen LogP contribution in [-0.2, 0) is 6.18 Å². The Kier molecular flexibility index (Phi) is 4.46. The van der Waals surface area contributed by atoms with Gasteiger partial charge in [-0.05, 0) is 46.7 Å². The van der Waals surface area contributed by atoms with Crippen LogP contribution in [-0.4, -0.2) is 10.1 Å². The van der Waals surface area contributed by atoms with E-state index in [-0.39, 0.29) is 11.7 Å². The quantitative estimate of drug-likeness (QED) is 0.549. The minimum atomic E-state index is -4.35. The van der Waals surface area contributed by atoms with Crippen molar-refractivity contribution in [2.24, 2.45) is 0 Å². The maximum Gasteiger partial charge on any atom is 0.416 e. The molecule has 0 fully saturated rings.